The van der Waals surface area contributed by atoms with Crippen molar-refractivity contribution in [1.29, 1.82) is 0 Å². The van der Waals surface area contributed by atoms with Gasteiger partial charge in [0.15, 0.2) is 11.1 Å². The lowest BCUT2D eigenvalue weighted by molar-refractivity contribution is 0.0977. The highest BCUT2D eigenvalue weighted by Crippen LogP contribution is 2.32. The summed E-state index contributed by atoms with van der Waals surface area (Å²) >= 11 is 5.95. The largest absolute Gasteiger partial charge is 0.455 e. The van der Waals surface area contributed by atoms with E-state index in [1.807, 2.05) is 17.7 Å². The molecule has 3 aromatic heterocycles. The average Bonchev–Trinajstić information content (AvgIpc) is 2.81. The van der Waals surface area contributed by atoms with Crippen LogP contribution in [0.3, 0.4) is 0 Å². The molecule has 1 atom stereocenters. The number of hydrogen-bond acceptors (Lipinski definition) is 8. The number of nitrogens with zero attached hydrogens (tertiary/aromatic N) is 2. The topological polar surface area (TPSA) is 131 Å². The number of carbonyl (C=O) groups excluding carboxylic acids is 1. The molecule has 0 saturated carbocycles. The Hall–Kier alpha value is -3.83. The highest BCUT2D eigenvalue weighted by molar-refractivity contribution is 7.89. The summed E-state index contributed by atoms with van der Waals surface area (Å²) in [5.74, 6) is -1.35. The summed E-state index contributed by atoms with van der Waals surface area (Å²) in [7, 11) is -3.85. The van der Waals surface area contributed by atoms with Gasteiger partial charge >= 0.3 is 0 Å². The van der Waals surface area contributed by atoms with Gasteiger partial charge in [0.2, 0.25) is 10.0 Å². The maximum absolute atomic E-state index is 13.9. The van der Waals surface area contributed by atoms with Crippen molar-refractivity contribution in [3.05, 3.63) is 86.3 Å². The molecule has 4 aromatic rings. The lowest BCUT2D eigenvalue weighted by Gasteiger charge is -2.20. The quantitative estimate of drug-likeness (QED) is 0.339. The van der Waals surface area contributed by atoms with E-state index in [9.17, 15) is 22.4 Å². The van der Waals surface area contributed by atoms with Crippen molar-refractivity contribution in [2.75, 3.05) is 11.6 Å². The van der Waals surface area contributed by atoms with Gasteiger partial charge in [-0.1, -0.05) is 17.7 Å². The fraction of sp³-hybridized carbons (Fsp3) is 0.200. The monoisotopic (exact) mass is 544 g/mol. The maximum atomic E-state index is 13.9. The number of nitrogens with one attached hydrogen (secondary N) is 2. The number of aromatic nitrogens is 2. The van der Waals surface area contributed by atoms with E-state index in [0.29, 0.717) is 22.1 Å². The van der Waals surface area contributed by atoms with E-state index in [4.69, 9.17) is 16.0 Å². The Bertz CT molecular complexity index is 1720. The molecule has 0 spiro atoms. The Kier molecular flexibility index (Phi) is 7.03. The van der Waals surface area contributed by atoms with Crippen LogP contribution in [0.1, 0.15) is 40.1 Å². The number of benzene rings is 1. The Labute approximate surface area is 216 Å². The Morgan fingerprint density at radius 2 is 1.89 bits per heavy atom. The normalized spacial score (nSPS) is 12.4. The van der Waals surface area contributed by atoms with Crippen LogP contribution < -0.4 is 15.5 Å². The van der Waals surface area contributed by atoms with Crippen molar-refractivity contribution >= 4 is 44.2 Å². The lowest BCUT2D eigenvalue weighted by atomic mass is 9.99. The molecule has 0 aliphatic carbocycles. The first-order chi connectivity index (χ1) is 17.3. The summed E-state index contributed by atoms with van der Waals surface area (Å²) in [6.45, 7) is 5.19. The molecule has 2 N–H and O–H groups in total. The van der Waals surface area contributed by atoms with Crippen molar-refractivity contribution in [3.8, 4) is 11.3 Å². The van der Waals surface area contributed by atoms with Gasteiger partial charge in [-0.15, -0.1) is 0 Å². The molecular formula is C25H22ClFN4O5S. The van der Waals surface area contributed by atoms with Crippen LogP contribution in [0.4, 0.5) is 10.1 Å². The second-order valence-electron chi connectivity index (χ2n) is 8.61. The minimum absolute atomic E-state index is 0.00678. The van der Waals surface area contributed by atoms with E-state index in [1.165, 1.54) is 24.4 Å². The fourth-order valence-electron chi connectivity index (χ4n) is 3.95. The van der Waals surface area contributed by atoms with Crippen LogP contribution in [0.25, 0.3) is 22.3 Å². The summed E-state index contributed by atoms with van der Waals surface area (Å²) < 4.78 is 45.1. The average molecular weight is 545 g/mol. The predicted octanol–water partition coefficient (Wildman–Crippen LogP) is 4.52. The Balaban J connectivity index is 1.84. The van der Waals surface area contributed by atoms with Gasteiger partial charge < -0.3 is 9.73 Å². The van der Waals surface area contributed by atoms with Gasteiger partial charge in [0.1, 0.15) is 22.3 Å². The van der Waals surface area contributed by atoms with Crippen molar-refractivity contribution in [2.45, 2.75) is 26.8 Å². The molecule has 0 radical (unpaired) electrons. The second-order valence-corrected chi connectivity index (χ2v) is 10.7. The van der Waals surface area contributed by atoms with Crippen molar-refractivity contribution in [3.63, 3.8) is 0 Å². The van der Waals surface area contributed by atoms with E-state index in [2.05, 4.69) is 15.3 Å². The Morgan fingerprint density at radius 3 is 2.57 bits per heavy atom. The number of sulfonamides is 1. The number of fused-ring (bicyclic) bond motifs is 1. The number of anilines is 1. The van der Waals surface area contributed by atoms with E-state index >= 15 is 0 Å². The smallest absolute Gasteiger partial charge is 0.285 e. The van der Waals surface area contributed by atoms with E-state index in [1.54, 1.807) is 19.9 Å². The van der Waals surface area contributed by atoms with E-state index < -0.39 is 27.8 Å². The predicted molar refractivity (Wildman–Crippen MR) is 139 cm³/mol. The van der Waals surface area contributed by atoms with Crippen molar-refractivity contribution in [1.82, 2.24) is 14.7 Å². The third-order valence-electron chi connectivity index (χ3n) is 5.55. The van der Waals surface area contributed by atoms with Crippen molar-refractivity contribution in [2.24, 2.45) is 0 Å². The molecular weight excluding hydrogens is 523 g/mol. The first-order valence-electron chi connectivity index (χ1n) is 11.0. The third kappa shape index (κ3) is 5.62. The zero-order chi connectivity index (χ0) is 27.1. The number of pyridine rings is 2. The SMILES string of the molecule is Cc1cc([C@@H](C)Nc2ccc(Cl)nc2C(=O)NS(C)(=O)=O)c2oc(-c3cncc(F)c3)c(C)c(=O)c2c1. The molecule has 0 aliphatic rings. The minimum atomic E-state index is -3.85. The molecule has 3 heterocycles. The van der Waals surface area contributed by atoms with Crippen LogP contribution in [0.2, 0.25) is 5.15 Å². The van der Waals surface area contributed by atoms with Gasteiger partial charge in [0, 0.05) is 22.9 Å². The van der Waals surface area contributed by atoms with Crippen LogP contribution in [0, 0.1) is 19.7 Å². The molecule has 0 unspecified atom stereocenters. The van der Waals surface area contributed by atoms with Crippen LogP contribution in [0.5, 0.6) is 0 Å². The second kappa shape index (κ2) is 9.91. The van der Waals surface area contributed by atoms with Crippen molar-refractivity contribution < 1.29 is 22.0 Å². The summed E-state index contributed by atoms with van der Waals surface area (Å²) in [6, 6.07) is 7.12. The molecule has 192 valence electrons. The number of halogens is 2. The van der Waals surface area contributed by atoms with E-state index in [0.717, 1.165) is 18.0 Å². The molecule has 12 heteroatoms. The minimum Gasteiger partial charge on any atom is -0.455 e. The van der Waals surface area contributed by atoms with E-state index in [-0.39, 0.29) is 33.3 Å². The van der Waals surface area contributed by atoms with Gasteiger partial charge in [0.25, 0.3) is 5.91 Å². The van der Waals surface area contributed by atoms with Gasteiger partial charge in [-0.3, -0.25) is 14.6 Å². The molecule has 0 bridgehead atoms. The number of rotatable bonds is 6. The molecule has 9 nitrogen and oxygen atoms in total. The fourth-order valence-corrected chi connectivity index (χ4v) is 4.53. The summed E-state index contributed by atoms with van der Waals surface area (Å²) in [6.07, 6.45) is 3.30. The Morgan fingerprint density at radius 1 is 1.16 bits per heavy atom. The van der Waals surface area contributed by atoms with Crippen LogP contribution in [-0.2, 0) is 10.0 Å². The highest BCUT2D eigenvalue weighted by Gasteiger charge is 2.22. The summed E-state index contributed by atoms with van der Waals surface area (Å²) in [4.78, 5) is 33.7. The lowest BCUT2D eigenvalue weighted by Crippen LogP contribution is -2.31. The number of carbonyl (C=O) groups is 1. The highest BCUT2D eigenvalue weighted by atomic mass is 35.5. The van der Waals surface area contributed by atoms with Crippen LogP contribution in [-0.4, -0.2) is 30.5 Å². The van der Waals surface area contributed by atoms with Gasteiger partial charge in [-0.2, -0.15) is 0 Å². The number of aryl methyl sites for hydroxylation is 1. The summed E-state index contributed by atoms with van der Waals surface area (Å²) in [5.41, 5.74) is 1.93. The number of amides is 1. The van der Waals surface area contributed by atoms with Gasteiger partial charge in [0.05, 0.1) is 29.6 Å². The molecule has 37 heavy (non-hydrogen) atoms. The van der Waals surface area contributed by atoms with Gasteiger partial charge in [-0.25, -0.2) is 22.5 Å². The molecule has 1 amide bonds. The molecule has 0 saturated heterocycles. The molecule has 0 fully saturated rings. The zero-order valence-electron chi connectivity index (χ0n) is 20.2. The molecule has 0 aliphatic heterocycles. The molecule has 4 rings (SSSR count). The first kappa shape index (κ1) is 26.2. The van der Waals surface area contributed by atoms with Crippen LogP contribution in [0.15, 0.2) is 51.9 Å². The van der Waals surface area contributed by atoms with Crippen LogP contribution >= 0.6 is 11.6 Å². The first-order valence-corrected chi connectivity index (χ1v) is 13.2. The maximum Gasteiger partial charge on any atom is 0.285 e. The zero-order valence-corrected chi connectivity index (χ0v) is 21.8. The number of hydrogen-bond donors (Lipinski definition) is 2. The third-order valence-corrected chi connectivity index (χ3v) is 6.32. The van der Waals surface area contributed by atoms with Gasteiger partial charge in [-0.05, 0) is 50.6 Å². The summed E-state index contributed by atoms with van der Waals surface area (Å²) in [5, 5.41) is 3.46. The molecule has 1 aromatic carbocycles. The standard InChI is InChI=1S/C25H22ClFN4O5S/c1-12-7-17(14(3)29-19-5-6-20(26)30-21(19)25(33)31-37(4,34)35)24-18(8-12)22(32)13(2)23(36-24)15-9-16(27)11-28-10-15/h5-11,14,29H,1-4H3,(H,31,33)/t14-/m1/s1.